The van der Waals surface area contributed by atoms with Crippen LogP contribution in [0.4, 0.5) is 4.39 Å². The molecule has 23 heavy (non-hydrogen) atoms. The van der Waals surface area contributed by atoms with Crippen molar-refractivity contribution >= 4 is 23.2 Å². The van der Waals surface area contributed by atoms with Crippen LogP contribution >= 0.6 is 11.3 Å². The first-order chi connectivity index (χ1) is 11.1. The summed E-state index contributed by atoms with van der Waals surface area (Å²) in [6, 6.07) is 8.58. The molecule has 122 valence electrons. The number of rotatable bonds is 7. The van der Waals surface area contributed by atoms with Gasteiger partial charge in [-0.1, -0.05) is 18.2 Å². The predicted octanol–water partition coefficient (Wildman–Crippen LogP) is 2.55. The Morgan fingerprint density at radius 2 is 2.00 bits per heavy atom. The molecule has 1 N–H and O–H groups in total. The third kappa shape index (κ3) is 4.87. The van der Waals surface area contributed by atoms with Crippen LogP contribution in [-0.4, -0.2) is 32.1 Å². The van der Waals surface area contributed by atoms with Gasteiger partial charge < -0.3 is 14.8 Å². The van der Waals surface area contributed by atoms with Crippen molar-refractivity contribution in [3.05, 3.63) is 58.0 Å². The second-order valence-corrected chi connectivity index (χ2v) is 5.55. The Balaban J connectivity index is 2.15. The molecule has 1 amide bonds. The third-order valence-corrected chi connectivity index (χ3v) is 3.81. The molecule has 0 aliphatic heterocycles. The molecule has 0 saturated carbocycles. The van der Waals surface area contributed by atoms with Gasteiger partial charge in [0.05, 0.1) is 6.61 Å². The summed E-state index contributed by atoms with van der Waals surface area (Å²) in [5, 5.41) is 4.35. The van der Waals surface area contributed by atoms with Crippen LogP contribution in [0.5, 0.6) is 0 Å². The SMILES string of the molecule is COCCNC(=O)[C@H](OC(=O)c1cccs1)c1ccc(F)cc1. The number of ether oxygens (including phenoxy) is 2. The molecule has 0 spiro atoms. The Hall–Kier alpha value is -2.25. The van der Waals surface area contributed by atoms with E-state index >= 15 is 0 Å². The van der Waals surface area contributed by atoms with Gasteiger partial charge in [-0.05, 0) is 23.6 Å². The van der Waals surface area contributed by atoms with E-state index in [1.54, 1.807) is 17.5 Å². The predicted molar refractivity (Wildman–Crippen MR) is 83.8 cm³/mol. The zero-order valence-electron chi connectivity index (χ0n) is 12.5. The van der Waals surface area contributed by atoms with Crippen LogP contribution in [-0.2, 0) is 14.3 Å². The van der Waals surface area contributed by atoms with Crippen LogP contribution in [0.1, 0.15) is 21.3 Å². The molecular weight excluding hydrogens is 321 g/mol. The summed E-state index contributed by atoms with van der Waals surface area (Å²) in [7, 11) is 1.51. The largest absolute Gasteiger partial charge is 0.443 e. The normalized spacial score (nSPS) is 11.7. The fourth-order valence-electron chi connectivity index (χ4n) is 1.84. The minimum absolute atomic E-state index is 0.281. The number of amides is 1. The summed E-state index contributed by atoms with van der Waals surface area (Å²) in [6.07, 6.45) is -1.15. The molecule has 1 atom stereocenters. The number of carbonyl (C=O) groups is 2. The zero-order valence-corrected chi connectivity index (χ0v) is 13.3. The topological polar surface area (TPSA) is 64.6 Å². The van der Waals surface area contributed by atoms with Crippen molar-refractivity contribution < 1.29 is 23.5 Å². The van der Waals surface area contributed by atoms with Crippen molar-refractivity contribution in [1.29, 1.82) is 0 Å². The number of halogens is 1. The second kappa shape index (κ2) is 8.40. The molecule has 0 aliphatic rings. The first-order valence-corrected chi connectivity index (χ1v) is 7.76. The van der Waals surface area contributed by atoms with Crippen LogP contribution < -0.4 is 5.32 Å². The number of benzene rings is 1. The molecule has 1 aromatic carbocycles. The molecule has 0 saturated heterocycles. The highest BCUT2D eigenvalue weighted by Crippen LogP contribution is 2.21. The van der Waals surface area contributed by atoms with Gasteiger partial charge in [-0.3, -0.25) is 4.79 Å². The Kier molecular flexibility index (Phi) is 6.25. The Morgan fingerprint density at radius 3 is 2.61 bits per heavy atom. The van der Waals surface area contributed by atoms with E-state index in [9.17, 15) is 14.0 Å². The molecule has 1 aromatic heterocycles. The third-order valence-electron chi connectivity index (χ3n) is 2.96. The Labute approximate surface area is 137 Å². The van der Waals surface area contributed by atoms with Crippen LogP contribution in [0.25, 0.3) is 0 Å². The summed E-state index contributed by atoms with van der Waals surface area (Å²) in [6.45, 7) is 0.615. The molecule has 5 nitrogen and oxygen atoms in total. The summed E-state index contributed by atoms with van der Waals surface area (Å²) >= 11 is 1.22. The number of nitrogens with one attached hydrogen (secondary N) is 1. The lowest BCUT2D eigenvalue weighted by atomic mass is 10.1. The number of thiophene rings is 1. The van der Waals surface area contributed by atoms with E-state index in [4.69, 9.17) is 9.47 Å². The zero-order chi connectivity index (χ0) is 16.7. The van der Waals surface area contributed by atoms with Gasteiger partial charge >= 0.3 is 5.97 Å². The smallest absolute Gasteiger partial charge is 0.349 e. The maximum absolute atomic E-state index is 13.1. The van der Waals surface area contributed by atoms with Crippen molar-refractivity contribution in [2.24, 2.45) is 0 Å². The number of hydrogen-bond acceptors (Lipinski definition) is 5. The average Bonchev–Trinajstić information content (AvgIpc) is 3.08. The molecule has 2 aromatic rings. The number of hydrogen-bond donors (Lipinski definition) is 1. The van der Waals surface area contributed by atoms with Gasteiger partial charge in [-0.25, -0.2) is 9.18 Å². The number of methoxy groups -OCH3 is 1. The molecule has 0 unspecified atom stereocenters. The molecule has 0 aliphatic carbocycles. The van der Waals surface area contributed by atoms with Crippen LogP contribution in [0.3, 0.4) is 0 Å². The van der Waals surface area contributed by atoms with E-state index < -0.39 is 23.8 Å². The van der Waals surface area contributed by atoms with Crippen LogP contribution in [0, 0.1) is 5.82 Å². The molecule has 1 heterocycles. The highest BCUT2D eigenvalue weighted by molar-refractivity contribution is 7.11. The molecule has 0 radical (unpaired) electrons. The van der Waals surface area contributed by atoms with Crippen molar-refractivity contribution in [3.8, 4) is 0 Å². The van der Waals surface area contributed by atoms with Gasteiger partial charge in [0.1, 0.15) is 10.7 Å². The number of carbonyl (C=O) groups excluding carboxylic acids is 2. The van der Waals surface area contributed by atoms with Crippen molar-refractivity contribution in [2.75, 3.05) is 20.3 Å². The van der Waals surface area contributed by atoms with Gasteiger partial charge in [-0.2, -0.15) is 0 Å². The van der Waals surface area contributed by atoms with Crippen molar-refractivity contribution in [2.45, 2.75) is 6.10 Å². The lowest BCUT2D eigenvalue weighted by Crippen LogP contribution is -2.34. The molecule has 7 heteroatoms. The summed E-state index contributed by atoms with van der Waals surface area (Å²) in [5.41, 5.74) is 0.395. The lowest BCUT2D eigenvalue weighted by Gasteiger charge is -2.17. The minimum atomic E-state index is -1.15. The molecule has 0 bridgehead atoms. The maximum atomic E-state index is 13.1. The van der Waals surface area contributed by atoms with Gasteiger partial charge in [0, 0.05) is 19.2 Å². The van der Waals surface area contributed by atoms with E-state index in [2.05, 4.69) is 5.32 Å². The van der Waals surface area contributed by atoms with E-state index in [-0.39, 0.29) is 6.54 Å². The standard InChI is InChI=1S/C16H16FNO4S/c1-21-9-8-18-15(19)14(11-4-6-12(17)7-5-11)22-16(20)13-3-2-10-23-13/h2-7,10,14H,8-9H2,1H3,(H,18,19)/t14-/m1/s1. The first-order valence-electron chi connectivity index (χ1n) is 6.88. The van der Waals surface area contributed by atoms with Crippen LogP contribution in [0.15, 0.2) is 41.8 Å². The molecule has 2 rings (SSSR count). The Bertz CT molecular complexity index is 643. The average molecular weight is 337 g/mol. The van der Waals surface area contributed by atoms with Crippen molar-refractivity contribution in [3.63, 3.8) is 0 Å². The summed E-state index contributed by atoms with van der Waals surface area (Å²) in [4.78, 5) is 24.8. The van der Waals surface area contributed by atoms with E-state index in [1.165, 1.54) is 42.7 Å². The monoisotopic (exact) mass is 337 g/mol. The maximum Gasteiger partial charge on any atom is 0.349 e. The van der Waals surface area contributed by atoms with Gasteiger partial charge in [-0.15, -0.1) is 11.3 Å². The highest BCUT2D eigenvalue weighted by atomic mass is 32.1. The molecule has 0 fully saturated rings. The first kappa shape index (κ1) is 17.1. The Morgan fingerprint density at radius 1 is 1.26 bits per heavy atom. The second-order valence-electron chi connectivity index (χ2n) is 4.60. The van der Waals surface area contributed by atoms with E-state index in [0.717, 1.165) is 0 Å². The van der Waals surface area contributed by atoms with Crippen LogP contribution in [0.2, 0.25) is 0 Å². The van der Waals surface area contributed by atoms with Crippen molar-refractivity contribution in [1.82, 2.24) is 5.32 Å². The quantitative estimate of drug-likeness (QED) is 0.623. The highest BCUT2D eigenvalue weighted by Gasteiger charge is 2.25. The van der Waals surface area contributed by atoms with Gasteiger partial charge in [0.15, 0.2) is 0 Å². The van der Waals surface area contributed by atoms with E-state index in [1.807, 2.05) is 0 Å². The minimum Gasteiger partial charge on any atom is -0.443 e. The summed E-state index contributed by atoms with van der Waals surface area (Å²) in [5.74, 6) is -1.52. The lowest BCUT2D eigenvalue weighted by molar-refractivity contribution is -0.130. The molecular formula is C16H16FNO4S. The summed E-state index contributed by atoms with van der Waals surface area (Å²) < 4.78 is 23.2. The fourth-order valence-corrected chi connectivity index (χ4v) is 2.44. The van der Waals surface area contributed by atoms with Gasteiger partial charge in [0.2, 0.25) is 6.10 Å². The van der Waals surface area contributed by atoms with E-state index in [0.29, 0.717) is 17.0 Å². The number of esters is 1. The fraction of sp³-hybridized carbons (Fsp3) is 0.250. The van der Waals surface area contributed by atoms with Gasteiger partial charge in [0.25, 0.3) is 5.91 Å².